The Hall–Kier alpha value is -5.17. The van der Waals surface area contributed by atoms with Crippen LogP contribution in [0.15, 0.2) is 104 Å². The van der Waals surface area contributed by atoms with E-state index in [1.54, 1.807) is 45.9 Å². The van der Waals surface area contributed by atoms with Crippen LogP contribution in [-0.2, 0) is 6.42 Å². The Morgan fingerprint density at radius 2 is 1.31 bits per heavy atom. The first-order valence-corrected chi connectivity index (χ1v) is 14.6. The molecular formula is C30H20Cl3N11O. The first kappa shape index (κ1) is 28.6. The molecule has 0 radical (unpaired) electrons. The Morgan fingerprint density at radius 3 is 1.89 bits per heavy atom. The number of nitrogens with zero attached hydrogens (tertiary/aromatic N) is 11. The zero-order chi connectivity index (χ0) is 30.9. The first-order valence-electron chi connectivity index (χ1n) is 13.5. The fraction of sp³-hybridized carbons (Fsp3) is 0.0667. The number of aromatic nitrogens is 11. The molecule has 4 heterocycles. The van der Waals surface area contributed by atoms with Gasteiger partial charge in [-0.3, -0.25) is 4.68 Å². The van der Waals surface area contributed by atoms with E-state index in [1.165, 1.54) is 23.5 Å². The highest BCUT2D eigenvalue weighted by Gasteiger charge is 2.26. The number of rotatable bonds is 8. The maximum Gasteiger partial charge on any atom is 0.217 e. The summed E-state index contributed by atoms with van der Waals surface area (Å²) in [6.45, 7) is 0. The third-order valence-corrected chi connectivity index (χ3v) is 8.00. The van der Waals surface area contributed by atoms with Gasteiger partial charge in [-0.15, -0.1) is 10.2 Å². The van der Waals surface area contributed by atoms with Crippen molar-refractivity contribution in [2.75, 3.05) is 0 Å². The van der Waals surface area contributed by atoms with E-state index in [4.69, 9.17) is 39.9 Å². The van der Waals surface area contributed by atoms with Crippen molar-refractivity contribution in [3.63, 3.8) is 0 Å². The molecule has 45 heavy (non-hydrogen) atoms. The maximum atomic E-state index is 13.8. The lowest BCUT2D eigenvalue weighted by molar-refractivity contribution is -0.615. The second-order valence-electron chi connectivity index (χ2n) is 10.1. The third-order valence-electron chi connectivity index (χ3n) is 7.28. The smallest absolute Gasteiger partial charge is 0.217 e. The standard InChI is InChI=1S/C30H20Cl3N11O/c31-22-4-1-19(2-5-22)11-30(41-15-21(14-36-41)26-13-24(33)7-10-28(26)43-18-35-38-40-43)29-8-3-20(16-44(29)45)25-12-23(32)6-9-27(25)42-17-34-37-39-42/h1-10,12-18,30H,11H2. The van der Waals surface area contributed by atoms with E-state index in [0.717, 1.165) is 27.1 Å². The Bertz CT molecular complexity index is 2100. The van der Waals surface area contributed by atoms with Gasteiger partial charge in [0.15, 0.2) is 6.20 Å². The van der Waals surface area contributed by atoms with Gasteiger partial charge in [0.1, 0.15) is 18.7 Å². The fourth-order valence-electron chi connectivity index (χ4n) is 5.16. The minimum Gasteiger partial charge on any atom is -0.618 e. The second-order valence-corrected chi connectivity index (χ2v) is 11.4. The normalized spacial score (nSPS) is 12.0. The molecule has 7 rings (SSSR count). The van der Waals surface area contributed by atoms with Crippen LogP contribution in [0.25, 0.3) is 33.6 Å². The minimum absolute atomic E-state index is 0.461. The summed E-state index contributed by atoms with van der Waals surface area (Å²) in [6, 6.07) is 21.4. The van der Waals surface area contributed by atoms with E-state index in [9.17, 15) is 5.21 Å². The van der Waals surface area contributed by atoms with E-state index in [1.807, 2.05) is 48.7 Å². The molecule has 0 amide bonds. The number of hydrogen-bond acceptors (Lipinski definition) is 8. The van der Waals surface area contributed by atoms with E-state index < -0.39 is 6.04 Å². The maximum absolute atomic E-state index is 13.8. The fourth-order valence-corrected chi connectivity index (χ4v) is 5.63. The van der Waals surface area contributed by atoms with Crippen molar-refractivity contribution in [2.24, 2.45) is 0 Å². The Labute approximate surface area is 270 Å². The summed E-state index contributed by atoms with van der Waals surface area (Å²) in [5, 5.41) is 43.2. The number of halogens is 3. The predicted octanol–water partition coefficient (Wildman–Crippen LogP) is 5.59. The molecule has 222 valence electrons. The Kier molecular flexibility index (Phi) is 7.67. The van der Waals surface area contributed by atoms with Gasteiger partial charge in [0.2, 0.25) is 5.69 Å². The molecule has 0 bridgehead atoms. The zero-order valence-corrected chi connectivity index (χ0v) is 25.3. The van der Waals surface area contributed by atoms with Crippen LogP contribution in [0, 0.1) is 5.21 Å². The van der Waals surface area contributed by atoms with Crippen molar-refractivity contribution < 1.29 is 4.73 Å². The van der Waals surface area contributed by atoms with Gasteiger partial charge in [-0.1, -0.05) is 46.9 Å². The quantitative estimate of drug-likeness (QED) is 0.153. The summed E-state index contributed by atoms with van der Waals surface area (Å²) in [7, 11) is 0. The molecule has 7 aromatic rings. The van der Waals surface area contributed by atoms with Gasteiger partial charge in [-0.05, 0) is 81.0 Å². The van der Waals surface area contributed by atoms with Gasteiger partial charge >= 0.3 is 0 Å². The molecule has 0 aliphatic heterocycles. The number of benzene rings is 3. The van der Waals surface area contributed by atoms with Crippen LogP contribution in [0.2, 0.25) is 15.1 Å². The highest BCUT2D eigenvalue weighted by Crippen LogP contribution is 2.33. The van der Waals surface area contributed by atoms with Crippen LogP contribution < -0.4 is 4.73 Å². The predicted molar refractivity (Wildman–Crippen MR) is 167 cm³/mol. The van der Waals surface area contributed by atoms with Crippen molar-refractivity contribution in [3.8, 4) is 33.6 Å². The van der Waals surface area contributed by atoms with Crippen molar-refractivity contribution in [1.82, 2.24) is 50.2 Å². The van der Waals surface area contributed by atoms with Crippen LogP contribution in [0.3, 0.4) is 0 Å². The summed E-state index contributed by atoms with van der Waals surface area (Å²) >= 11 is 18.9. The highest BCUT2D eigenvalue weighted by molar-refractivity contribution is 6.31. The molecule has 15 heteroatoms. The molecule has 0 saturated heterocycles. The molecule has 1 unspecified atom stereocenters. The zero-order valence-electron chi connectivity index (χ0n) is 23.1. The van der Waals surface area contributed by atoms with Crippen LogP contribution in [-0.4, -0.2) is 50.2 Å². The molecular weight excluding hydrogens is 637 g/mol. The lowest BCUT2D eigenvalue weighted by atomic mass is 10.0. The average molecular weight is 657 g/mol. The molecule has 0 N–H and O–H groups in total. The van der Waals surface area contributed by atoms with Gasteiger partial charge < -0.3 is 5.21 Å². The molecule has 0 fully saturated rings. The summed E-state index contributed by atoms with van der Waals surface area (Å²) in [5.74, 6) is 0. The number of hydrogen-bond donors (Lipinski definition) is 0. The highest BCUT2D eigenvalue weighted by atomic mass is 35.5. The van der Waals surface area contributed by atoms with Crippen LogP contribution >= 0.6 is 34.8 Å². The van der Waals surface area contributed by atoms with Crippen molar-refractivity contribution in [3.05, 3.63) is 136 Å². The molecule has 3 aromatic carbocycles. The van der Waals surface area contributed by atoms with E-state index >= 15 is 0 Å². The summed E-state index contributed by atoms with van der Waals surface area (Å²) in [6.07, 6.45) is 8.56. The van der Waals surface area contributed by atoms with Crippen LogP contribution in [0.4, 0.5) is 0 Å². The van der Waals surface area contributed by atoms with Gasteiger partial charge in [0.25, 0.3) is 0 Å². The molecule has 12 nitrogen and oxygen atoms in total. The van der Waals surface area contributed by atoms with E-state index in [-0.39, 0.29) is 0 Å². The lowest BCUT2D eigenvalue weighted by Gasteiger charge is -2.18. The molecule has 1 atom stereocenters. The van der Waals surface area contributed by atoms with Crippen molar-refractivity contribution in [1.29, 1.82) is 0 Å². The van der Waals surface area contributed by atoms with E-state index in [0.29, 0.717) is 44.0 Å². The van der Waals surface area contributed by atoms with Gasteiger partial charge in [-0.2, -0.15) is 19.2 Å². The molecule has 0 spiro atoms. The Balaban J connectivity index is 1.31. The largest absolute Gasteiger partial charge is 0.618 e. The molecule has 0 aliphatic rings. The molecule has 0 saturated carbocycles. The molecule has 4 aromatic heterocycles. The number of pyridine rings is 1. The molecule has 0 aliphatic carbocycles. The van der Waals surface area contributed by atoms with Crippen LogP contribution in [0.5, 0.6) is 0 Å². The Morgan fingerprint density at radius 1 is 0.711 bits per heavy atom. The first-order chi connectivity index (χ1) is 21.9. The number of tetrazole rings is 2. The van der Waals surface area contributed by atoms with Crippen molar-refractivity contribution in [2.45, 2.75) is 12.5 Å². The monoisotopic (exact) mass is 655 g/mol. The minimum atomic E-state index is -0.486. The van der Waals surface area contributed by atoms with Gasteiger partial charge in [-0.25, -0.2) is 0 Å². The summed E-state index contributed by atoms with van der Waals surface area (Å²) in [5.41, 5.74) is 5.71. The topological polar surface area (TPSA) is 132 Å². The summed E-state index contributed by atoms with van der Waals surface area (Å²) in [4.78, 5) is 0. The second kappa shape index (κ2) is 12.1. The average Bonchev–Trinajstić information content (AvgIpc) is 3.85. The van der Waals surface area contributed by atoms with Gasteiger partial charge in [0.05, 0.1) is 17.6 Å². The van der Waals surface area contributed by atoms with Crippen molar-refractivity contribution >= 4 is 34.8 Å². The third kappa shape index (κ3) is 5.86. The lowest BCUT2D eigenvalue weighted by Crippen LogP contribution is -2.36. The SMILES string of the molecule is [O-][n+]1cc(-c2cc(Cl)ccc2-n2cnnn2)ccc1C(Cc1ccc(Cl)cc1)n1cc(-c2cc(Cl)ccc2-n2cnnn2)cn1. The van der Waals surface area contributed by atoms with Crippen LogP contribution in [0.1, 0.15) is 17.3 Å². The van der Waals surface area contributed by atoms with E-state index in [2.05, 4.69) is 31.1 Å². The summed E-state index contributed by atoms with van der Waals surface area (Å²) < 4.78 is 5.69. The van der Waals surface area contributed by atoms with Gasteiger partial charge in [0, 0.05) is 56.0 Å².